The van der Waals surface area contributed by atoms with Gasteiger partial charge in [0.25, 0.3) is 0 Å². The fourth-order valence-electron chi connectivity index (χ4n) is 1.97. The maximum atomic E-state index is 9.93. The molecule has 96 valence electrons. The van der Waals surface area contributed by atoms with Crippen molar-refractivity contribution in [2.24, 2.45) is 11.7 Å². The molecule has 17 heavy (non-hydrogen) atoms. The molecule has 1 aromatic rings. The number of hydrogen-bond acceptors (Lipinski definition) is 3. The summed E-state index contributed by atoms with van der Waals surface area (Å²) in [5, 5.41) is 9.93. The second-order valence-electron chi connectivity index (χ2n) is 4.96. The lowest BCUT2D eigenvalue weighted by atomic mass is 10.1. The van der Waals surface area contributed by atoms with Gasteiger partial charge in [-0.15, -0.1) is 0 Å². The first-order chi connectivity index (χ1) is 7.95. The maximum Gasteiger partial charge on any atom is 0.122 e. The van der Waals surface area contributed by atoms with Crippen LogP contribution in [0, 0.1) is 5.92 Å². The zero-order valence-electron chi connectivity index (χ0n) is 11.3. The van der Waals surface area contributed by atoms with Crippen LogP contribution in [0.5, 0.6) is 5.75 Å². The van der Waals surface area contributed by atoms with E-state index in [2.05, 4.69) is 25.7 Å². The van der Waals surface area contributed by atoms with E-state index in [1.54, 1.807) is 0 Å². The molecule has 1 aromatic carbocycles. The van der Waals surface area contributed by atoms with E-state index >= 15 is 0 Å². The predicted octanol–water partition coefficient (Wildman–Crippen LogP) is 2.89. The molecule has 0 amide bonds. The van der Waals surface area contributed by atoms with Gasteiger partial charge in [-0.25, -0.2) is 0 Å². The van der Waals surface area contributed by atoms with Crippen LogP contribution in [-0.4, -0.2) is 18.2 Å². The SMILES string of the molecule is CCN(CC(C)C)c1ccc(C(C)N)c(O)c1. The normalized spacial score (nSPS) is 12.8. The minimum atomic E-state index is -0.135. The lowest BCUT2D eigenvalue weighted by Gasteiger charge is -2.26. The van der Waals surface area contributed by atoms with E-state index in [4.69, 9.17) is 5.73 Å². The summed E-state index contributed by atoms with van der Waals surface area (Å²) in [6.45, 7) is 10.3. The molecule has 1 atom stereocenters. The first-order valence-corrected chi connectivity index (χ1v) is 6.29. The first-order valence-electron chi connectivity index (χ1n) is 6.29. The number of aromatic hydroxyl groups is 1. The first kappa shape index (κ1) is 13.8. The third kappa shape index (κ3) is 3.63. The minimum absolute atomic E-state index is 0.135. The van der Waals surface area contributed by atoms with Gasteiger partial charge in [-0.3, -0.25) is 0 Å². The Morgan fingerprint density at radius 2 is 1.94 bits per heavy atom. The molecular formula is C14H24N2O. The third-order valence-corrected chi connectivity index (χ3v) is 2.84. The number of hydrogen-bond donors (Lipinski definition) is 2. The predicted molar refractivity (Wildman–Crippen MR) is 73.4 cm³/mol. The van der Waals surface area contributed by atoms with Crippen LogP contribution in [0.1, 0.15) is 39.3 Å². The second kappa shape index (κ2) is 5.92. The Bertz CT molecular complexity index is 361. The molecule has 0 aliphatic heterocycles. The van der Waals surface area contributed by atoms with Gasteiger partial charge in [-0.1, -0.05) is 19.9 Å². The van der Waals surface area contributed by atoms with Crippen molar-refractivity contribution >= 4 is 5.69 Å². The van der Waals surface area contributed by atoms with Crippen LogP contribution in [0.15, 0.2) is 18.2 Å². The van der Waals surface area contributed by atoms with Crippen LogP contribution in [0.3, 0.4) is 0 Å². The number of phenolic OH excluding ortho intramolecular Hbond substituents is 1. The molecule has 0 fully saturated rings. The van der Waals surface area contributed by atoms with Crippen LogP contribution >= 0.6 is 0 Å². The summed E-state index contributed by atoms with van der Waals surface area (Å²) in [6, 6.07) is 5.62. The quantitative estimate of drug-likeness (QED) is 0.826. The van der Waals surface area contributed by atoms with Crippen molar-refractivity contribution in [2.45, 2.75) is 33.7 Å². The maximum absolute atomic E-state index is 9.93. The Morgan fingerprint density at radius 3 is 2.35 bits per heavy atom. The van der Waals surface area contributed by atoms with Crippen molar-refractivity contribution < 1.29 is 5.11 Å². The Balaban J connectivity index is 2.94. The van der Waals surface area contributed by atoms with E-state index in [1.807, 2.05) is 25.1 Å². The zero-order valence-corrected chi connectivity index (χ0v) is 11.3. The van der Waals surface area contributed by atoms with Crippen LogP contribution in [0.2, 0.25) is 0 Å². The van der Waals surface area contributed by atoms with E-state index in [-0.39, 0.29) is 6.04 Å². The molecule has 0 spiro atoms. The molecule has 0 bridgehead atoms. The number of rotatable bonds is 5. The molecule has 3 nitrogen and oxygen atoms in total. The number of anilines is 1. The van der Waals surface area contributed by atoms with E-state index < -0.39 is 0 Å². The topological polar surface area (TPSA) is 49.5 Å². The largest absolute Gasteiger partial charge is 0.508 e. The average molecular weight is 236 g/mol. The Hall–Kier alpha value is -1.22. The lowest BCUT2D eigenvalue weighted by Crippen LogP contribution is -2.27. The van der Waals surface area contributed by atoms with Gasteiger partial charge in [0.15, 0.2) is 0 Å². The standard InChI is InChI=1S/C14H24N2O/c1-5-16(9-10(2)3)12-6-7-13(11(4)15)14(17)8-12/h6-8,10-11,17H,5,9,15H2,1-4H3. The molecule has 0 saturated heterocycles. The molecule has 0 aliphatic carbocycles. The highest BCUT2D eigenvalue weighted by atomic mass is 16.3. The summed E-state index contributed by atoms with van der Waals surface area (Å²) >= 11 is 0. The monoisotopic (exact) mass is 236 g/mol. The smallest absolute Gasteiger partial charge is 0.122 e. The molecule has 0 saturated carbocycles. The highest BCUT2D eigenvalue weighted by Crippen LogP contribution is 2.28. The fraction of sp³-hybridized carbons (Fsp3) is 0.571. The average Bonchev–Trinajstić information content (AvgIpc) is 2.24. The van der Waals surface area contributed by atoms with Crippen LogP contribution in [0.4, 0.5) is 5.69 Å². The summed E-state index contributed by atoms with van der Waals surface area (Å²) in [6.07, 6.45) is 0. The van der Waals surface area contributed by atoms with E-state index in [9.17, 15) is 5.11 Å². The van der Waals surface area contributed by atoms with E-state index in [0.717, 1.165) is 24.3 Å². The van der Waals surface area contributed by atoms with Gasteiger partial charge >= 0.3 is 0 Å². The van der Waals surface area contributed by atoms with Gasteiger partial charge in [0, 0.05) is 36.4 Å². The molecule has 0 aliphatic rings. The molecule has 0 radical (unpaired) electrons. The van der Waals surface area contributed by atoms with Gasteiger partial charge in [-0.2, -0.15) is 0 Å². The summed E-state index contributed by atoms with van der Waals surface area (Å²) < 4.78 is 0. The van der Waals surface area contributed by atoms with Crippen molar-refractivity contribution in [3.05, 3.63) is 23.8 Å². The highest BCUT2D eigenvalue weighted by molar-refractivity contribution is 5.54. The highest BCUT2D eigenvalue weighted by Gasteiger charge is 2.11. The third-order valence-electron chi connectivity index (χ3n) is 2.84. The van der Waals surface area contributed by atoms with Crippen LogP contribution < -0.4 is 10.6 Å². The number of nitrogens with two attached hydrogens (primary N) is 1. The molecule has 3 heteroatoms. The summed E-state index contributed by atoms with van der Waals surface area (Å²) in [5.41, 5.74) is 7.64. The van der Waals surface area contributed by atoms with Crippen molar-refractivity contribution in [2.75, 3.05) is 18.0 Å². The molecular weight excluding hydrogens is 212 g/mol. The minimum Gasteiger partial charge on any atom is -0.508 e. The lowest BCUT2D eigenvalue weighted by molar-refractivity contribution is 0.463. The van der Waals surface area contributed by atoms with Crippen molar-refractivity contribution in [1.29, 1.82) is 0 Å². The van der Waals surface area contributed by atoms with Gasteiger partial charge in [-0.05, 0) is 25.8 Å². The number of phenols is 1. The summed E-state index contributed by atoms with van der Waals surface area (Å²) in [5.74, 6) is 0.893. The zero-order chi connectivity index (χ0) is 13.0. The van der Waals surface area contributed by atoms with Gasteiger partial charge in [0.2, 0.25) is 0 Å². The van der Waals surface area contributed by atoms with Gasteiger partial charge < -0.3 is 15.7 Å². The van der Waals surface area contributed by atoms with Crippen molar-refractivity contribution in [3.8, 4) is 5.75 Å². The molecule has 1 unspecified atom stereocenters. The van der Waals surface area contributed by atoms with E-state index in [0.29, 0.717) is 11.7 Å². The molecule has 0 heterocycles. The summed E-state index contributed by atoms with van der Waals surface area (Å²) in [4.78, 5) is 2.26. The second-order valence-corrected chi connectivity index (χ2v) is 4.96. The van der Waals surface area contributed by atoms with Crippen molar-refractivity contribution in [1.82, 2.24) is 0 Å². The molecule has 0 aromatic heterocycles. The number of nitrogens with zero attached hydrogens (tertiary/aromatic N) is 1. The van der Waals surface area contributed by atoms with Gasteiger partial charge in [0.1, 0.15) is 5.75 Å². The van der Waals surface area contributed by atoms with Gasteiger partial charge in [0.05, 0.1) is 0 Å². The number of benzene rings is 1. The Morgan fingerprint density at radius 1 is 1.29 bits per heavy atom. The molecule has 3 N–H and O–H groups in total. The summed E-state index contributed by atoms with van der Waals surface area (Å²) in [7, 11) is 0. The van der Waals surface area contributed by atoms with E-state index in [1.165, 1.54) is 0 Å². The Labute approximate surface area is 104 Å². The van der Waals surface area contributed by atoms with Crippen LogP contribution in [0.25, 0.3) is 0 Å². The van der Waals surface area contributed by atoms with Crippen molar-refractivity contribution in [3.63, 3.8) is 0 Å². The molecule has 1 rings (SSSR count). The fourth-order valence-corrected chi connectivity index (χ4v) is 1.97. The van der Waals surface area contributed by atoms with Crippen LogP contribution in [-0.2, 0) is 0 Å². The Kier molecular flexibility index (Phi) is 4.82.